The highest BCUT2D eigenvalue weighted by atomic mass is 32.1. The minimum atomic E-state index is -0.150. The molecule has 0 bridgehead atoms. The van der Waals surface area contributed by atoms with Crippen LogP contribution in [0.1, 0.15) is 15.5 Å². The predicted molar refractivity (Wildman–Crippen MR) is 90.6 cm³/mol. The molecule has 2 aromatic heterocycles. The number of rotatable bonds is 2. The Morgan fingerprint density at radius 1 is 1.18 bits per heavy atom. The number of aromatic nitrogens is 2. The lowest BCUT2D eigenvalue weighted by atomic mass is 10.2. The van der Waals surface area contributed by atoms with Crippen molar-refractivity contribution < 1.29 is 4.79 Å². The van der Waals surface area contributed by atoms with E-state index in [4.69, 9.17) is 0 Å². The van der Waals surface area contributed by atoms with Gasteiger partial charge in [0.25, 0.3) is 5.91 Å². The van der Waals surface area contributed by atoms with Gasteiger partial charge in [-0.1, -0.05) is 18.2 Å². The molecule has 0 aliphatic heterocycles. The van der Waals surface area contributed by atoms with Gasteiger partial charge >= 0.3 is 0 Å². The largest absolute Gasteiger partial charge is 0.351 e. The number of para-hydroxylation sites is 1. The van der Waals surface area contributed by atoms with Crippen molar-refractivity contribution in [2.75, 3.05) is 5.32 Å². The van der Waals surface area contributed by atoms with Crippen molar-refractivity contribution >= 4 is 44.1 Å². The number of fused-ring (bicyclic) bond motifs is 2. The van der Waals surface area contributed by atoms with Crippen molar-refractivity contribution in [3.63, 3.8) is 0 Å². The molecule has 22 heavy (non-hydrogen) atoms. The molecule has 0 spiro atoms. The zero-order chi connectivity index (χ0) is 15.1. The van der Waals surface area contributed by atoms with E-state index in [2.05, 4.69) is 15.3 Å². The molecule has 0 saturated carbocycles. The van der Waals surface area contributed by atoms with Crippen LogP contribution in [-0.2, 0) is 0 Å². The third-order valence-corrected chi connectivity index (χ3v) is 4.48. The first-order chi connectivity index (χ1) is 10.7. The summed E-state index contributed by atoms with van der Waals surface area (Å²) in [7, 11) is 0. The van der Waals surface area contributed by atoms with E-state index < -0.39 is 0 Å². The van der Waals surface area contributed by atoms with Crippen molar-refractivity contribution in [1.29, 1.82) is 0 Å². The Morgan fingerprint density at radius 2 is 2.05 bits per heavy atom. The van der Waals surface area contributed by atoms with Crippen LogP contribution in [0.25, 0.3) is 21.1 Å². The molecule has 4 aromatic rings. The summed E-state index contributed by atoms with van der Waals surface area (Å²) in [5.74, 6) is -0.150. The summed E-state index contributed by atoms with van der Waals surface area (Å²) in [6.07, 6.45) is 0. The zero-order valence-electron chi connectivity index (χ0n) is 11.9. The number of hydrogen-bond donors (Lipinski definition) is 2. The van der Waals surface area contributed by atoms with Crippen molar-refractivity contribution in [2.45, 2.75) is 6.92 Å². The van der Waals surface area contributed by atoms with Gasteiger partial charge in [0.15, 0.2) is 0 Å². The van der Waals surface area contributed by atoms with Gasteiger partial charge in [-0.25, -0.2) is 4.98 Å². The third kappa shape index (κ3) is 2.25. The minimum absolute atomic E-state index is 0.150. The smallest absolute Gasteiger partial charge is 0.272 e. The number of nitrogens with one attached hydrogen (secondary N) is 2. The van der Waals surface area contributed by atoms with Gasteiger partial charge in [-0.05, 0) is 37.3 Å². The molecule has 0 atom stereocenters. The summed E-state index contributed by atoms with van der Waals surface area (Å²) in [4.78, 5) is 19.9. The molecule has 0 unspecified atom stereocenters. The Labute approximate surface area is 130 Å². The zero-order valence-corrected chi connectivity index (χ0v) is 12.7. The molecule has 2 aromatic carbocycles. The van der Waals surface area contributed by atoms with E-state index in [1.165, 1.54) is 0 Å². The quantitative estimate of drug-likeness (QED) is 0.579. The Morgan fingerprint density at radius 3 is 2.91 bits per heavy atom. The second-order valence-electron chi connectivity index (χ2n) is 5.14. The maximum atomic E-state index is 12.4. The summed E-state index contributed by atoms with van der Waals surface area (Å²) >= 11 is 1.65. The first-order valence-electron chi connectivity index (χ1n) is 6.95. The first-order valence-corrected chi connectivity index (χ1v) is 7.77. The molecule has 4 rings (SSSR count). The van der Waals surface area contributed by atoms with Crippen LogP contribution in [0.15, 0.2) is 48.5 Å². The monoisotopic (exact) mass is 307 g/mol. The number of aryl methyl sites for hydroxylation is 1. The van der Waals surface area contributed by atoms with Gasteiger partial charge in [0, 0.05) is 16.6 Å². The maximum Gasteiger partial charge on any atom is 0.272 e. The van der Waals surface area contributed by atoms with E-state index >= 15 is 0 Å². The van der Waals surface area contributed by atoms with Gasteiger partial charge < -0.3 is 10.3 Å². The van der Waals surface area contributed by atoms with Crippen molar-refractivity contribution in [1.82, 2.24) is 9.97 Å². The van der Waals surface area contributed by atoms with Crippen LogP contribution in [0.5, 0.6) is 0 Å². The fraction of sp³-hybridized carbons (Fsp3) is 0.0588. The highest BCUT2D eigenvalue weighted by molar-refractivity contribution is 7.18. The molecule has 108 valence electrons. The Bertz CT molecular complexity index is 966. The lowest BCUT2D eigenvalue weighted by Crippen LogP contribution is -2.12. The molecule has 0 aliphatic rings. The summed E-state index contributed by atoms with van der Waals surface area (Å²) in [5.41, 5.74) is 3.17. The summed E-state index contributed by atoms with van der Waals surface area (Å²) < 4.78 is 1.13. The number of nitrogens with zero attached hydrogens (tertiary/aromatic N) is 1. The van der Waals surface area contributed by atoms with Crippen LogP contribution in [0.4, 0.5) is 5.69 Å². The van der Waals surface area contributed by atoms with Gasteiger partial charge in [0.05, 0.1) is 15.2 Å². The number of H-pyrrole nitrogens is 1. The molecule has 0 fully saturated rings. The number of carbonyl (C=O) groups excluding carboxylic acids is 1. The number of hydrogen-bond acceptors (Lipinski definition) is 3. The number of carbonyl (C=O) groups is 1. The molecule has 5 heteroatoms. The van der Waals surface area contributed by atoms with Gasteiger partial charge in [-0.2, -0.15) is 0 Å². The highest BCUT2D eigenvalue weighted by Crippen LogP contribution is 2.25. The van der Waals surface area contributed by atoms with Crippen LogP contribution in [0, 0.1) is 6.92 Å². The molecule has 2 heterocycles. The molecule has 4 nitrogen and oxygen atoms in total. The number of thiazole rings is 1. The molecule has 1 amide bonds. The van der Waals surface area contributed by atoms with E-state index in [-0.39, 0.29) is 5.91 Å². The summed E-state index contributed by atoms with van der Waals surface area (Å²) in [6, 6.07) is 15.5. The average molecular weight is 307 g/mol. The SMILES string of the molecule is Cc1nc2cc(NC(=O)c3cc4ccccc4[nH]3)ccc2s1. The van der Waals surface area contributed by atoms with E-state index in [1.54, 1.807) is 11.3 Å². The van der Waals surface area contributed by atoms with Gasteiger partial charge in [0.2, 0.25) is 0 Å². The van der Waals surface area contributed by atoms with Crippen LogP contribution in [-0.4, -0.2) is 15.9 Å². The van der Waals surface area contributed by atoms with Gasteiger partial charge in [0.1, 0.15) is 5.69 Å². The van der Waals surface area contributed by atoms with E-state index in [0.717, 1.165) is 31.8 Å². The van der Waals surface area contributed by atoms with E-state index in [9.17, 15) is 4.79 Å². The summed E-state index contributed by atoms with van der Waals surface area (Å²) in [5, 5.41) is 4.96. The minimum Gasteiger partial charge on any atom is -0.351 e. The predicted octanol–water partition coefficient (Wildman–Crippen LogP) is 4.34. The second kappa shape index (κ2) is 4.96. The number of amides is 1. The molecule has 0 radical (unpaired) electrons. The average Bonchev–Trinajstić information content (AvgIpc) is 3.08. The molecule has 0 saturated heterocycles. The number of anilines is 1. The Kier molecular flexibility index (Phi) is 2.94. The van der Waals surface area contributed by atoms with E-state index in [1.807, 2.05) is 55.5 Å². The normalized spacial score (nSPS) is 11.1. The second-order valence-corrected chi connectivity index (χ2v) is 6.37. The fourth-order valence-electron chi connectivity index (χ4n) is 2.51. The highest BCUT2D eigenvalue weighted by Gasteiger charge is 2.10. The Balaban J connectivity index is 1.64. The molecular weight excluding hydrogens is 294 g/mol. The fourth-order valence-corrected chi connectivity index (χ4v) is 3.32. The Hall–Kier alpha value is -2.66. The van der Waals surface area contributed by atoms with Crippen LogP contribution >= 0.6 is 11.3 Å². The van der Waals surface area contributed by atoms with Crippen LogP contribution in [0.2, 0.25) is 0 Å². The van der Waals surface area contributed by atoms with Gasteiger partial charge in [-0.3, -0.25) is 4.79 Å². The van der Waals surface area contributed by atoms with Crippen LogP contribution < -0.4 is 5.32 Å². The van der Waals surface area contributed by atoms with Crippen molar-refractivity contribution in [3.8, 4) is 0 Å². The standard InChI is InChI=1S/C17H13N3OS/c1-10-18-14-9-12(6-7-16(14)22-10)19-17(21)15-8-11-4-2-3-5-13(11)20-15/h2-9,20H,1H3,(H,19,21). The first kappa shape index (κ1) is 13.0. The lowest BCUT2D eigenvalue weighted by Gasteiger charge is -2.03. The topological polar surface area (TPSA) is 57.8 Å². The summed E-state index contributed by atoms with van der Waals surface area (Å²) in [6.45, 7) is 1.98. The van der Waals surface area contributed by atoms with Crippen molar-refractivity contribution in [3.05, 3.63) is 59.2 Å². The van der Waals surface area contributed by atoms with Gasteiger partial charge in [-0.15, -0.1) is 11.3 Å². The van der Waals surface area contributed by atoms with Crippen molar-refractivity contribution in [2.24, 2.45) is 0 Å². The molecule has 0 aliphatic carbocycles. The number of benzene rings is 2. The third-order valence-electron chi connectivity index (χ3n) is 3.53. The van der Waals surface area contributed by atoms with Crippen LogP contribution in [0.3, 0.4) is 0 Å². The molecular formula is C17H13N3OS. The number of aromatic amines is 1. The van der Waals surface area contributed by atoms with E-state index in [0.29, 0.717) is 5.69 Å². The lowest BCUT2D eigenvalue weighted by molar-refractivity contribution is 0.102. The molecule has 2 N–H and O–H groups in total. The maximum absolute atomic E-state index is 12.4.